The second-order valence-corrected chi connectivity index (χ2v) is 1.62. The summed E-state index contributed by atoms with van der Waals surface area (Å²) in [5.41, 5.74) is 5.11. The van der Waals surface area contributed by atoms with Crippen LogP contribution in [-0.2, 0) is 0 Å². The van der Waals surface area contributed by atoms with Crippen molar-refractivity contribution in [2.45, 2.75) is 0 Å². The summed E-state index contributed by atoms with van der Waals surface area (Å²) in [5, 5.41) is 6.64. The SMILES string of the molecule is Nc1nccnc1C(=O)[OH2+]. The number of nitrogens with two attached hydrogens (primary N) is 1. The zero-order chi connectivity index (χ0) is 7.56. The molecule has 1 heterocycles. The van der Waals surface area contributed by atoms with Gasteiger partial charge in [-0.3, -0.25) is 0 Å². The lowest BCUT2D eigenvalue weighted by atomic mass is 10.4. The molecular formula is C5H6N3O2+. The van der Waals surface area contributed by atoms with E-state index in [0.717, 1.165) is 0 Å². The van der Waals surface area contributed by atoms with E-state index in [1.54, 1.807) is 0 Å². The third kappa shape index (κ3) is 1.02. The third-order valence-electron chi connectivity index (χ3n) is 0.942. The summed E-state index contributed by atoms with van der Waals surface area (Å²) in [4.78, 5) is 17.5. The molecule has 0 unspecified atom stereocenters. The first-order chi connectivity index (χ1) is 4.72. The molecule has 0 saturated heterocycles. The predicted octanol–water partition coefficient (Wildman–Crippen LogP) is -1.08. The molecule has 5 nitrogen and oxygen atoms in total. The van der Waals surface area contributed by atoms with E-state index >= 15 is 0 Å². The summed E-state index contributed by atoms with van der Waals surface area (Å²) in [6.45, 7) is 0. The highest BCUT2D eigenvalue weighted by Crippen LogP contribution is 2.00. The molecule has 0 amide bonds. The van der Waals surface area contributed by atoms with Gasteiger partial charge < -0.3 is 10.8 Å². The monoisotopic (exact) mass is 140 g/mol. The summed E-state index contributed by atoms with van der Waals surface area (Å²) in [7, 11) is 0. The van der Waals surface area contributed by atoms with Gasteiger partial charge in [0.15, 0.2) is 5.82 Å². The van der Waals surface area contributed by atoms with E-state index in [-0.39, 0.29) is 11.5 Å². The van der Waals surface area contributed by atoms with Gasteiger partial charge in [-0.2, -0.15) is 0 Å². The molecule has 0 radical (unpaired) electrons. The minimum Gasteiger partial charge on any atom is -0.560 e. The molecule has 10 heavy (non-hydrogen) atoms. The van der Waals surface area contributed by atoms with Crippen LogP contribution in [0.5, 0.6) is 0 Å². The maximum atomic E-state index is 10.4. The highest BCUT2D eigenvalue weighted by Gasteiger charge is 2.16. The normalized spacial score (nSPS) is 9.20. The maximum Gasteiger partial charge on any atom is 0.571 e. The number of aromatic nitrogens is 2. The summed E-state index contributed by atoms with van der Waals surface area (Å²) < 4.78 is 0. The largest absolute Gasteiger partial charge is 0.571 e. The molecule has 52 valence electrons. The van der Waals surface area contributed by atoms with Crippen molar-refractivity contribution in [3.8, 4) is 0 Å². The number of carbonyl (C=O) groups is 1. The molecule has 1 aromatic heterocycles. The Hall–Kier alpha value is -1.65. The molecule has 0 aliphatic carbocycles. The molecule has 4 N–H and O–H groups in total. The summed E-state index contributed by atoms with van der Waals surface area (Å²) in [6.07, 6.45) is 2.68. The Morgan fingerprint density at radius 3 is 2.50 bits per heavy atom. The molecule has 0 aliphatic rings. The number of nitrogens with zero attached hydrogens (tertiary/aromatic N) is 2. The number of hydrogen-bond donors (Lipinski definition) is 1. The highest BCUT2D eigenvalue weighted by molar-refractivity contribution is 5.89. The molecule has 0 aromatic carbocycles. The molecule has 0 aliphatic heterocycles. The van der Waals surface area contributed by atoms with Crippen LogP contribution < -0.4 is 5.73 Å². The highest BCUT2D eigenvalue weighted by atomic mass is 16.4. The van der Waals surface area contributed by atoms with E-state index in [1.807, 2.05) is 0 Å². The fraction of sp³-hybridized carbons (Fsp3) is 0. The third-order valence-corrected chi connectivity index (χ3v) is 0.942. The van der Waals surface area contributed by atoms with Crippen LogP contribution in [0.2, 0.25) is 0 Å². The maximum absolute atomic E-state index is 10.4. The van der Waals surface area contributed by atoms with E-state index < -0.39 is 5.97 Å². The van der Waals surface area contributed by atoms with Gasteiger partial charge in [0.05, 0.1) is 4.79 Å². The van der Waals surface area contributed by atoms with Gasteiger partial charge in [-0.25, -0.2) is 9.97 Å². The van der Waals surface area contributed by atoms with Crippen molar-refractivity contribution in [1.82, 2.24) is 9.97 Å². The lowest BCUT2D eigenvalue weighted by Gasteiger charge is -1.90. The number of hydrogen-bond acceptors (Lipinski definition) is 4. The minimum absolute atomic E-state index is 0.00231. The van der Waals surface area contributed by atoms with Crippen LogP contribution in [0.3, 0.4) is 0 Å². The Balaban J connectivity index is 3.15. The number of anilines is 1. The first-order valence-electron chi connectivity index (χ1n) is 2.54. The van der Waals surface area contributed by atoms with Crippen molar-refractivity contribution in [3.05, 3.63) is 18.1 Å². The van der Waals surface area contributed by atoms with Crippen LogP contribution in [0.25, 0.3) is 0 Å². The Kier molecular flexibility index (Phi) is 1.49. The number of nitrogen functional groups attached to an aromatic ring is 1. The zero-order valence-electron chi connectivity index (χ0n) is 5.03. The fourth-order valence-electron chi connectivity index (χ4n) is 0.524. The molecule has 1 aromatic rings. The summed E-state index contributed by atoms with van der Waals surface area (Å²) in [6, 6.07) is 0. The molecule has 0 bridgehead atoms. The van der Waals surface area contributed by atoms with Gasteiger partial charge >= 0.3 is 5.97 Å². The molecular weight excluding hydrogens is 134 g/mol. The first kappa shape index (κ1) is 6.47. The van der Waals surface area contributed by atoms with Crippen molar-refractivity contribution in [2.24, 2.45) is 0 Å². The summed E-state index contributed by atoms with van der Waals surface area (Å²) in [5.74, 6) is -0.909. The summed E-state index contributed by atoms with van der Waals surface area (Å²) >= 11 is 0. The first-order valence-corrected chi connectivity index (χ1v) is 2.54. The minimum atomic E-state index is -0.911. The molecule has 0 atom stereocenters. The van der Waals surface area contributed by atoms with Crippen LogP contribution in [0, 0.1) is 0 Å². The average Bonchev–Trinajstić information content (AvgIpc) is 1.88. The van der Waals surface area contributed by atoms with Gasteiger partial charge in [-0.05, 0) is 0 Å². The van der Waals surface area contributed by atoms with Crippen LogP contribution in [0.1, 0.15) is 10.5 Å². The van der Waals surface area contributed by atoms with E-state index in [4.69, 9.17) is 10.8 Å². The van der Waals surface area contributed by atoms with E-state index in [2.05, 4.69) is 9.97 Å². The lowest BCUT2D eigenvalue weighted by molar-refractivity contribution is 0.0691. The molecule has 1 rings (SSSR count). The van der Waals surface area contributed by atoms with Gasteiger partial charge in [0.25, 0.3) is 5.69 Å². The Bertz CT molecular complexity index is 261. The Morgan fingerprint density at radius 2 is 2.10 bits per heavy atom. The van der Waals surface area contributed by atoms with Gasteiger partial charge in [0.1, 0.15) is 0 Å². The molecule has 0 fully saturated rings. The van der Waals surface area contributed by atoms with Gasteiger partial charge in [-0.1, -0.05) is 0 Å². The van der Waals surface area contributed by atoms with Gasteiger partial charge in [0.2, 0.25) is 0 Å². The topological polar surface area (TPSA) is 91.8 Å². The second kappa shape index (κ2) is 2.30. The van der Waals surface area contributed by atoms with Crippen LogP contribution in [0.4, 0.5) is 5.82 Å². The van der Waals surface area contributed by atoms with Crippen molar-refractivity contribution in [3.63, 3.8) is 0 Å². The smallest absolute Gasteiger partial charge is 0.560 e. The Morgan fingerprint density at radius 1 is 1.50 bits per heavy atom. The molecule has 5 heteroatoms. The van der Waals surface area contributed by atoms with Crippen molar-refractivity contribution >= 4 is 11.8 Å². The van der Waals surface area contributed by atoms with E-state index in [1.165, 1.54) is 12.4 Å². The van der Waals surface area contributed by atoms with Crippen LogP contribution >= 0.6 is 0 Å². The second-order valence-electron chi connectivity index (χ2n) is 1.62. The van der Waals surface area contributed by atoms with Crippen LogP contribution in [0.15, 0.2) is 12.4 Å². The van der Waals surface area contributed by atoms with E-state index in [0.29, 0.717) is 0 Å². The predicted molar refractivity (Wildman–Crippen MR) is 34.4 cm³/mol. The molecule has 0 spiro atoms. The van der Waals surface area contributed by atoms with Gasteiger partial charge in [-0.15, -0.1) is 0 Å². The standard InChI is InChI=1S/C5H5N3O2/c6-4-3(5(9)10)7-1-2-8-4/h1-2H,(H2,6,8)(H,9,10)/p+1. The average molecular weight is 140 g/mol. The number of carbonyl (C=O) groups excluding carboxylic acids is 1. The quantitative estimate of drug-likeness (QED) is 0.502. The van der Waals surface area contributed by atoms with E-state index in [9.17, 15) is 4.79 Å². The fourth-order valence-corrected chi connectivity index (χ4v) is 0.524. The van der Waals surface area contributed by atoms with Crippen molar-refractivity contribution < 1.29 is 9.90 Å². The van der Waals surface area contributed by atoms with Crippen LogP contribution in [-0.4, -0.2) is 21.0 Å². The number of rotatable bonds is 1. The van der Waals surface area contributed by atoms with Gasteiger partial charge in [0, 0.05) is 12.4 Å². The van der Waals surface area contributed by atoms with Crippen molar-refractivity contribution in [2.75, 3.05) is 5.73 Å². The zero-order valence-corrected chi connectivity index (χ0v) is 5.03. The van der Waals surface area contributed by atoms with Crippen molar-refractivity contribution in [1.29, 1.82) is 0 Å². The molecule has 0 saturated carbocycles. The lowest BCUT2D eigenvalue weighted by Crippen LogP contribution is -2.06. The Labute approximate surface area is 56.5 Å².